The van der Waals surface area contributed by atoms with E-state index in [0.29, 0.717) is 19.4 Å². The third-order valence-corrected chi connectivity index (χ3v) is 5.60. The highest BCUT2D eigenvalue weighted by molar-refractivity contribution is 5.78. The molecule has 1 aromatic heterocycles. The van der Waals surface area contributed by atoms with Crippen molar-refractivity contribution in [1.82, 2.24) is 14.8 Å². The maximum atomic E-state index is 12.5. The summed E-state index contributed by atoms with van der Waals surface area (Å²) in [6.45, 7) is 5.19. The number of pyridine rings is 1. The number of unbranched alkanes of at least 4 members (excludes halogenated alkanes) is 1. The minimum atomic E-state index is 0.0796. The first-order chi connectivity index (χ1) is 12.1. The normalized spacial score (nSPS) is 24.0. The van der Waals surface area contributed by atoms with E-state index in [1.165, 1.54) is 0 Å². The second-order valence-electron chi connectivity index (χ2n) is 7.63. The molecule has 1 atom stereocenters. The Morgan fingerprint density at radius 3 is 2.96 bits per heavy atom. The van der Waals surface area contributed by atoms with Gasteiger partial charge in [-0.15, -0.1) is 0 Å². The monoisotopic (exact) mass is 343 g/mol. The molecular weight excluding hydrogens is 314 g/mol. The van der Waals surface area contributed by atoms with Gasteiger partial charge in [0.25, 0.3) is 0 Å². The molecule has 1 unspecified atom stereocenters. The van der Waals surface area contributed by atoms with Crippen molar-refractivity contribution in [2.45, 2.75) is 58.4 Å². The van der Waals surface area contributed by atoms with Crippen LogP contribution in [0.1, 0.15) is 57.4 Å². The van der Waals surface area contributed by atoms with Crippen molar-refractivity contribution in [3.63, 3.8) is 0 Å². The zero-order valence-corrected chi connectivity index (χ0v) is 15.2. The van der Waals surface area contributed by atoms with Crippen molar-refractivity contribution in [2.75, 3.05) is 19.6 Å². The van der Waals surface area contributed by atoms with Crippen LogP contribution in [0.25, 0.3) is 0 Å². The molecule has 2 fully saturated rings. The van der Waals surface area contributed by atoms with E-state index in [4.69, 9.17) is 0 Å². The Morgan fingerprint density at radius 2 is 2.20 bits per heavy atom. The third kappa shape index (κ3) is 4.39. The fourth-order valence-corrected chi connectivity index (χ4v) is 4.20. The topological polar surface area (TPSA) is 53.5 Å². The first-order valence-electron chi connectivity index (χ1n) is 9.56. The number of hydrogen-bond acceptors (Lipinski definition) is 3. The molecule has 0 bridgehead atoms. The predicted molar refractivity (Wildman–Crippen MR) is 96.7 cm³/mol. The maximum Gasteiger partial charge on any atom is 0.222 e. The van der Waals surface area contributed by atoms with E-state index in [1.54, 1.807) is 6.20 Å². The van der Waals surface area contributed by atoms with Crippen molar-refractivity contribution in [1.29, 1.82) is 0 Å². The predicted octanol–water partition coefficient (Wildman–Crippen LogP) is 3.00. The number of carbonyl (C=O) groups excluding carboxylic acids is 2. The molecule has 2 amide bonds. The molecule has 0 aliphatic carbocycles. The molecule has 3 heterocycles. The summed E-state index contributed by atoms with van der Waals surface area (Å²) in [4.78, 5) is 33.0. The number of aromatic nitrogens is 1. The lowest BCUT2D eigenvalue weighted by atomic mass is 9.73. The molecule has 3 rings (SSSR count). The summed E-state index contributed by atoms with van der Waals surface area (Å²) in [5.74, 6) is 0.514. The van der Waals surface area contributed by atoms with Gasteiger partial charge in [-0.2, -0.15) is 0 Å². The highest BCUT2D eigenvalue weighted by Crippen LogP contribution is 2.39. The van der Waals surface area contributed by atoms with Crippen molar-refractivity contribution in [3.8, 4) is 0 Å². The van der Waals surface area contributed by atoms with Gasteiger partial charge in [-0.25, -0.2) is 0 Å². The van der Waals surface area contributed by atoms with Gasteiger partial charge in [0.05, 0.1) is 0 Å². The summed E-state index contributed by atoms with van der Waals surface area (Å²) < 4.78 is 0. The van der Waals surface area contributed by atoms with Crippen molar-refractivity contribution in [2.24, 2.45) is 5.41 Å². The van der Waals surface area contributed by atoms with Crippen LogP contribution in [0, 0.1) is 5.41 Å². The van der Waals surface area contributed by atoms with E-state index >= 15 is 0 Å². The third-order valence-electron chi connectivity index (χ3n) is 5.60. The number of carbonyl (C=O) groups is 2. The van der Waals surface area contributed by atoms with Gasteiger partial charge in [0, 0.05) is 56.8 Å². The van der Waals surface area contributed by atoms with Crippen LogP contribution >= 0.6 is 0 Å². The number of nitrogens with zero attached hydrogens (tertiary/aromatic N) is 3. The largest absolute Gasteiger partial charge is 0.342 e. The molecule has 2 aliphatic heterocycles. The van der Waals surface area contributed by atoms with Crippen LogP contribution in [-0.2, 0) is 16.1 Å². The molecule has 0 radical (unpaired) electrons. The Labute approximate surface area is 150 Å². The summed E-state index contributed by atoms with van der Waals surface area (Å²) in [6, 6.07) is 3.93. The molecule has 0 aromatic carbocycles. The fraction of sp³-hybridized carbons (Fsp3) is 0.650. The van der Waals surface area contributed by atoms with Gasteiger partial charge in [0.2, 0.25) is 11.8 Å². The molecule has 25 heavy (non-hydrogen) atoms. The molecule has 0 N–H and O–H groups in total. The summed E-state index contributed by atoms with van der Waals surface area (Å²) in [6.07, 6.45) is 9.93. The van der Waals surface area contributed by atoms with Gasteiger partial charge >= 0.3 is 0 Å². The summed E-state index contributed by atoms with van der Waals surface area (Å²) in [7, 11) is 0. The van der Waals surface area contributed by atoms with Gasteiger partial charge in [-0.1, -0.05) is 19.4 Å². The van der Waals surface area contributed by atoms with Gasteiger partial charge in [0.1, 0.15) is 0 Å². The number of rotatable bonds is 5. The van der Waals surface area contributed by atoms with Crippen LogP contribution in [0.5, 0.6) is 0 Å². The Kier molecular flexibility index (Phi) is 5.71. The van der Waals surface area contributed by atoms with Crippen molar-refractivity contribution >= 4 is 11.8 Å². The fourth-order valence-electron chi connectivity index (χ4n) is 4.20. The summed E-state index contributed by atoms with van der Waals surface area (Å²) in [5, 5.41) is 0. The molecule has 1 aromatic rings. The SMILES string of the molecule is CCCCC(=O)N1CCCC2(CCC(=O)N(Cc3cccnc3)C2)C1. The van der Waals surface area contributed by atoms with E-state index in [2.05, 4.69) is 16.8 Å². The lowest BCUT2D eigenvalue weighted by Gasteiger charge is -2.48. The van der Waals surface area contributed by atoms with E-state index in [-0.39, 0.29) is 17.2 Å². The Hall–Kier alpha value is -1.91. The standard InChI is InChI=1S/C20H29N3O2/c1-2-3-7-18(24)22-12-5-9-20(15-22)10-8-19(25)23(16-20)14-17-6-4-11-21-13-17/h4,6,11,13H,2-3,5,7-10,12,14-16H2,1H3. The molecule has 2 saturated heterocycles. The summed E-state index contributed by atoms with van der Waals surface area (Å²) >= 11 is 0. The smallest absolute Gasteiger partial charge is 0.222 e. The molecule has 136 valence electrons. The first-order valence-corrected chi connectivity index (χ1v) is 9.56. The van der Waals surface area contributed by atoms with E-state index in [1.807, 2.05) is 23.2 Å². The van der Waals surface area contributed by atoms with Gasteiger partial charge in [0.15, 0.2) is 0 Å². The first kappa shape index (κ1) is 17.9. The lowest BCUT2D eigenvalue weighted by Crippen LogP contribution is -2.54. The van der Waals surface area contributed by atoms with Crippen LogP contribution in [0.4, 0.5) is 0 Å². The average Bonchev–Trinajstić information content (AvgIpc) is 2.64. The average molecular weight is 343 g/mol. The van der Waals surface area contributed by atoms with Gasteiger partial charge < -0.3 is 9.80 Å². The van der Waals surface area contributed by atoms with E-state index < -0.39 is 0 Å². The van der Waals surface area contributed by atoms with Crippen LogP contribution in [0.2, 0.25) is 0 Å². The minimum absolute atomic E-state index is 0.0796. The van der Waals surface area contributed by atoms with E-state index in [9.17, 15) is 9.59 Å². The Bertz CT molecular complexity index is 604. The van der Waals surface area contributed by atoms with Crippen LogP contribution < -0.4 is 0 Å². The number of hydrogen-bond donors (Lipinski definition) is 0. The minimum Gasteiger partial charge on any atom is -0.342 e. The molecular formula is C20H29N3O2. The molecule has 0 saturated carbocycles. The van der Waals surface area contributed by atoms with Crippen molar-refractivity contribution < 1.29 is 9.59 Å². The second-order valence-corrected chi connectivity index (χ2v) is 7.63. The lowest BCUT2D eigenvalue weighted by molar-refractivity contribution is -0.143. The van der Waals surface area contributed by atoms with Crippen LogP contribution in [-0.4, -0.2) is 46.2 Å². The second kappa shape index (κ2) is 7.98. The van der Waals surface area contributed by atoms with Crippen LogP contribution in [0.15, 0.2) is 24.5 Å². The highest BCUT2D eigenvalue weighted by atomic mass is 16.2. The summed E-state index contributed by atoms with van der Waals surface area (Å²) in [5.41, 5.74) is 1.15. The van der Waals surface area contributed by atoms with Crippen LogP contribution in [0.3, 0.4) is 0 Å². The van der Waals surface area contributed by atoms with Gasteiger partial charge in [-0.3, -0.25) is 14.6 Å². The quantitative estimate of drug-likeness (QED) is 0.826. The zero-order chi connectivity index (χ0) is 17.7. The Morgan fingerprint density at radius 1 is 1.32 bits per heavy atom. The zero-order valence-electron chi connectivity index (χ0n) is 15.2. The molecule has 2 aliphatic rings. The number of likely N-dealkylation sites (tertiary alicyclic amines) is 2. The maximum absolute atomic E-state index is 12.5. The molecule has 5 nitrogen and oxygen atoms in total. The number of amides is 2. The number of piperidine rings is 2. The van der Waals surface area contributed by atoms with E-state index in [0.717, 1.165) is 57.3 Å². The van der Waals surface area contributed by atoms with Gasteiger partial charge in [-0.05, 0) is 37.3 Å². The van der Waals surface area contributed by atoms with Crippen molar-refractivity contribution in [3.05, 3.63) is 30.1 Å². The Balaban J connectivity index is 1.66. The molecule has 1 spiro atoms. The highest BCUT2D eigenvalue weighted by Gasteiger charge is 2.42. The molecule has 5 heteroatoms.